The van der Waals surface area contributed by atoms with Crippen LogP contribution in [0.1, 0.15) is 30.0 Å². The zero-order valence-corrected chi connectivity index (χ0v) is 14.6. The Morgan fingerprint density at radius 2 is 1.92 bits per heavy atom. The second-order valence-electron chi connectivity index (χ2n) is 5.11. The predicted molar refractivity (Wildman–Crippen MR) is 89.6 cm³/mol. The van der Waals surface area contributed by atoms with Crippen LogP contribution in [-0.4, -0.2) is 36.8 Å². The third-order valence-corrected chi connectivity index (χ3v) is 5.71. The number of hydrogen-bond donors (Lipinski definition) is 2. The molecule has 1 amide bonds. The normalized spacial score (nSPS) is 11.7. The Morgan fingerprint density at radius 3 is 2.46 bits per heavy atom. The Bertz CT molecular complexity index is 838. The molecule has 1 aromatic carbocycles. The van der Waals surface area contributed by atoms with Crippen molar-refractivity contribution in [3.8, 4) is 5.75 Å². The number of sulfonamides is 1. The largest absolute Gasteiger partial charge is 0.506 e. The summed E-state index contributed by atoms with van der Waals surface area (Å²) in [6.45, 7) is 5.78. The maximum atomic E-state index is 12.5. The molecular formula is C16H20N2O5S. The van der Waals surface area contributed by atoms with Crippen LogP contribution < -0.4 is 5.32 Å². The predicted octanol–water partition coefficient (Wildman–Crippen LogP) is 2.58. The van der Waals surface area contributed by atoms with Crippen LogP contribution in [0.15, 0.2) is 39.8 Å². The standard InChI is InChI=1S/C16H20N2O5S/c1-4-18(5-2)24(21,22)12-6-7-15(19)14(10-12)17-16(20)13-8-9-23-11(13)3/h6-10,19H,4-5H2,1-3H3,(H,17,20). The second kappa shape index (κ2) is 7.06. The van der Waals surface area contributed by atoms with E-state index in [2.05, 4.69) is 5.32 Å². The molecule has 2 rings (SSSR count). The van der Waals surface area contributed by atoms with Crippen LogP contribution in [-0.2, 0) is 10.0 Å². The van der Waals surface area contributed by atoms with E-state index in [1.165, 1.54) is 34.8 Å². The number of benzene rings is 1. The third-order valence-electron chi connectivity index (χ3n) is 3.66. The Labute approximate surface area is 140 Å². The number of nitrogens with one attached hydrogen (secondary N) is 1. The van der Waals surface area contributed by atoms with Crippen molar-refractivity contribution in [3.05, 3.63) is 41.9 Å². The van der Waals surface area contributed by atoms with E-state index in [0.29, 0.717) is 24.4 Å². The molecule has 2 N–H and O–H groups in total. The zero-order chi connectivity index (χ0) is 17.9. The number of phenols is 1. The molecule has 1 aromatic heterocycles. The Hall–Kier alpha value is -2.32. The molecule has 0 aliphatic heterocycles. The van der Waals surface area contributed by atoms with Gasteiger partial charge in [-0.3, -0.25) is 4.79 Å². The summed E-state index contributed by atoms with van der Waals surface area (Å²) in [6, 6.07) is 5.30. The maximum Gasteiger partial charge on any atom is 0.259 e. The van der Waals surface area contributed by atoms with Crippen LogP contribution in [0.5, 0.6) is 5.75 Å². The van der Waals surface area contributed by atoms with Crippen molar-refractivity contribution in [1.82, 2.24) is 4.31 Å². The second-order valence-corrected chi connectivity index (χ2v) is 7.05. The molecule has 0 aliphatic rings. The van der Waals surface area contributed by atoms with Crippen molar-refractivity contribution < 1.29 is 22.7 Å². The number of nitrogens with zero attached hydrogens (tertiary/aromatic N) is 1. The van der Waals surface area contributed by atoms with Crippen LogP contribution in [0.4, 0.5) is 5.69 Å². The molecule has 0 unspecified atom stereocenters. The number of amides is 1. The van der Waals surface area contributed by atoms with E-state index in [1.807, 2.05) is 0 Å². The van der Waals surface area contributed by atoms with Crippen molar-refractivity contribution in [2.75, 3.05) is 18.4 Å². The molecule has 1 heterocycles. The molecule has 7 nitrogen and oxygen atoms in total. The first kappa shape index (κ1) is 18.0. The highest BCUT2D eigenvalue weighted by molar-refractivity contribution is 7.89. The molecule has 8 heteroatoms. The van der Waals surface area contributed by atoms with Crippen molar-refractivity contribution in [2.45, 2.75) is 25.7 Å². The summed E-state index contributed by atoms with van der Waals surface area (Å²) < 4.78 is 31.4. The first-order valence-corrected chi connectivity index (χ1v) is 8.93. The molecule has 0 aliphatic carbocycles. The highest BCUT2D eigenvalue weighted by atomic mass is 32.2. The average molecular weight is 352 g/mol. The number of hydrogen-bond acceptors (Lipinski definition) is 5. The van der Waals surface area contributed by atoms with Gasteiger partial charge in [0.2, 0.25) is 10.0 Å². The smallest absolute Gasteiger partial charge is 0.259 e. The number of carbonyl (C=O) groups excluding carboxylic acids is 1. The molecule has 2 aromatic rings. The van der Waals surface area contributed by atoms with E-state index >= 15 is 0 Å². The fourth-order valence-corrected chi connectivity index (χ4v) is 3.78. The number of phenolic OH excluding ortho intramolecular Hbond substituents is 1. The van der Waals surface area contributed by atoms with Gasteiger partial charge in [-0.2, -0.15) is 4.31 Å². The topological polar surface area (TPSA) is 99.9 Å². The number of anilines is 1. The monoisotopic (exact) mass is 352 g/mol. The van der Waals surface area contributed by atoms with E-state index < -0.39 is 15.9 Å². The molecule has 0 spiro atoms. The van der Waals surface area contributed by atoms with E-state index in [1.54, 1.807) is 20.8 Å². The van der Waals surface area contributed by atoms with Gasteiger partial charge in [-0.15, -0.1) is 0 Å². The van der Waals surface area contributed by atoms with Crippen molar-refractivity contribution in [2.24, 2.45) is 0 Å². The van der Waals surface area contributed by atoms with Crippen LogP contribution in [0, 0.1) is 6.92 Å². The summed E-state index contributed by atoms with van der Waals surface area (Å²) in [7, 11) is -3.69. The maximum absolute atomic E-state index is 12.5. The molecule has 0 atom stereocenters. The minimum Gasteiger partial charge on any atom is -0.506 e. The molecule has 130 valence electrons. The molecule has 0 bridgehead atoms. The summed E-state index contributed by atoms with van der Waals surface area (Å²) in [5, 5.41) is 12.4. The first-order valence-electron chi connectivity index (χ1n) is 7.49. The Morgan fingerprint density at radius 1 is 1.25 bits per heavy atom. The van der Waals surface area contributed by atoms with Gasteiger partial charge in [0.25, 0.3) is 5.91 Å². The number of carbonyl (C=O) groups is 1. The fourth-order valence-electron chi connectivity index (χ4n) is 2.30. The molecule has 0 radical (unpaired) electrons. The van der Waals surface area contributed by atoms with Crippen molar-refractivity contribution >= 4 is 21.6 Å². The lowest BCUT2D eigenvalue weighted by atomic mass is 10.2. The molecule has 0 saturated heterocycles. The van der Waals surface area contributed by atoms with Gasteiger partial charge in [0, 0.05) is 13.1 Å². The van der Waals surface area contributed by atoms with Gasteiger partial charge in [-0.05, 0) is 31.2 Å². The highest BCUT2D eigenvalue weighted by Gasteiger charge is 2.23. The van der Waals surface area contributed by atoms with Gasteiger partial charge in [-0.25, -0.2) is 8.42 Å². The minimum atomic E-state index is -3.69. The van der Waals surface area contributed by atoms with Crippen molar-refractivity contribution in [3.63, 3.8) is 0 Å². The van der Waals surface area contributed by atoms with E-state index in [9.17, 15) is 18.3 Å². The van der Waals surface area contributed by atoms with Gasteiger partial charge in [0.05, 0.1) is 22.4 Å². The van der Waals surface area contributed by atoms with Crippen LogP contribution in [0.2, 0.25) is 0 Å². The van der Waals surface area contributed by atoms with Gasteiger partial charge < -0.3 is 14.8 Å². The summed E-state index contributed by atoms with van der Waals surface area (Å²) in [5.74, 6) is -0.282. The van der Waals surface area contributed by atoms with E-state index in [0.717, 1.165) is 0 Å². The first-order chi connectivity index (χ1) is 11.3. The molecule has 24 heavy (non-hydrogen) atoms. The number of rotatable bonds is 6. The number of furan rings is 1. The average Bonchev–Trinajstić information content (AvgIpc) is 2.96. The number of aryl methyl sites for hydroxylation is 1. The van der Waals surface area contributed by atoms with Gasteiger partial charge in [-0.1, -0.05) is 13.8 Å². The summed E-state index contributed by atoms with van der Waals surface area (Å²) in [4.78, 5) is 12.2. The summed E-state index contributed by atoms with van der Waals surface area (Å²) in [6.07, 6.45) is 1.38. The summed E-state index contributed by atoms with van der Waals surface area (Å²) >= 11 is 0. The number of aromatic hydroxyl groups is 1. The lowest BCUT2D eigenvalue weighted by molar-refractivity contribution is 0.102. The third kappa shape index (κ3) is 3.44. The zero-order valence-electron chi connectivity index (χ0n) is 13.7. The Kier molecular flexibility index (Phi) is 5.30. The highest BCUT2D eigenvalue weighted by Crippen LogP contribution is 2.28. The van der Waals surface area contributed by atoms with Crippen LogP contribution in [0.3, 0.4) is 0 Å². The lowest BCUT2D eigenvalue weighted by Gasteiger charge is -2.19. The molecular weight excluding hydrogens is 332 g/mol. The SMILES string of the molecule is CCN(CC)S(=O)(=O)c1ccc(O)c(NC(=O)c2ccoc2C)c1. The van der Waals surface area contributed by atoms with Gasteiger partial charge >= 0.3 is 0 Å². The van der Waals surface area contributed by atoms with Crippen molar-refractivity contribution in [1.29, 1.82) is 0 Å². The Balaban J connectivity index is 2.36. The molecule has 0 fully saturated rings. The minimum absolute atomic E-state index is 0.00298. The van der Waals surface area contributed by atoms with Gasteiger partial charge in [0.15, 0.2) is 0 Å². The van der Waals surface area contributed by atoms with Crippen LogP contribution >= 0.6 is 0 Å². The fraction of sp³-hybridized carbons (Fsp3) is 0.312. The molecule has 0 saturated carbocycles. The summed E-state index contributed by atoms with van der Waals surface area (Å²) in [5.41, 5.74) is 0.334. The van der Waals surface area contributed by atoms with E-state index in [-0.39, 0.29) is 16.3 Å². The van der Waals surface area contributed by atoms with Gasteiger partial charge in [0.1, 0.15) is 11.5 Å². The quantitative estimate of drug-likeness (QED) is 0.778. The van der Waals surface area contributed by atoms with Crippen LogP contribution in [0.25, 0.3) is 0 Å². The lowest BCUT2D eigenvalue weighted by Crippen LogP contribution is -2.30. The van der Waals surface area contributed by atoms with E-state index in [4.69, 9.17) is 4.42 Å².